The molecule has 0 bridgehead atoms. The van der Waals surface area contributed by atoms with Gasteiger partial charge in [0.15, 0.2) is 5.78 Å². The largest absolute Gasteiger partial charge is 0.340 e. The molecule has 1 heterocycles. The first kappa shape index (κ1) is 23.0. The summed E-state index contributed by atoms with van der Waals surface area (Å²) >= 11 is 17.8. The van der Waals surface area contributed by atoms with Crippen molar-refractivity contribution in [2.45, 2.75) is 17.7 Å². The molecule has 1 aliphatic rings. The van der Waals surface area contributed by atoms with E-state index in [4.69, 9.17) is 34.8 Å². The van der Waals surface area contributed by atoms with Gasteiger partial charge in [0.2, 0.25) is 15.9 Å². The van der Waals surface area contributed by atoms with E-state index in [-0.39, 0.29) is 65.7 Å². The highest BCUT2D eigenvalue weighted by Gasteiger charge is 2.31. The third-order valence-corrected chi connectivity index (χ3v) is 7.70. The van der Waals surface area contributed by atoms with E-state index in [1.807, 2.05) is 0 Å². The third kappa shape index (κ3) is 5.34. The highest BCUT2D eigenvalue weighted by atomic mass is 35.5. The average Bonchev–Trinajstić information content (AvgIpc) is 2.74. The fraction of sp³-hybridized carbons (Fsp3) is 0.300. The number of amides is 1. The van der Waals surface area contributed by atoms with Crippen LogP contribution in [0.3, 0.4) is 0 Å². The first-order valence-electron chi connectivity index (χ1n) is 9.20. The third-order valence-electron chi connectivity index (χ3n) is 4.83. The molecule has 0 aromatic heterocycles. The van der Waals surface area contributed by atoms with E-state index in [1.165, 1.54) is 22.5 Å². The van der Waals surface area contributed by atoms with Crippen LogP contribution in [-0.4, -0.2) is 55.5 Å². The van der Waals surface area contributed by atoms with E-state index in [0.717, 1.165) is 0 Å². The van der Waals surface area contributed by atoms with Crippen LogP contribution < -0.4 is 0 Å². The number of carbonyl (C=O) groups excluding carboxylic acids is 2. The first-order chi connectivity index (χ1) is 14.2. The minimum atomic E-state index is -3.82. The van der Waals surface area contributed by atoms with Crippen molar-refractivity contribution in [3.05, 3.63) is 63.1 Å². The number of Topliss-reactive ketones (excluding diaryl/α,β-unsaturated/α-hetero) is 1. The number of halogens is 3. The van der Waals surface area contributed by atoms with Gasteiger partial charge in [0.25, 0.3) is 0 Å². The number of benzene rings is 2. The van der Waals surface area contributed by atoms with Gasteiger partial charge < -0.3 is 4.90 Å². The first-order valence-corrected chi connectivity index (χ1v) is 11.8. The minimum Gasteiger partial charge on any atom is -0.340 e. The molecule has 10 heteroatoms. The summed E-state index contributed by atoms with van der Waals surface area (Å²) in [6, 6.07) is 10.8. The summed E-state index contributed by atoms with van der Waals surface area (Å²) in [6.45, 7) is 0.765. The molecule has 0 unspecified atom stereocenters. The number of carbonyl (C=O) groups is 2. The van der Waals surface area contributed by atoms with E-state index in [9.17, 15) is 18.0 Å². The Labute approximate surface area is 190 Å². The zero-order valence-electron chi connectivity index (χ0n) is 15.9. The summed E-state index contributed by atoms with van der Waals surface area (Å²) in [5.41, 5.74) is 0.501. The lowest BCUT2D eigenvalue weighted by Crippen LogP contribution is -2.50. The number of rotatable bonds is 6. The zero-order chi connectivity index (χ0) is 21.9. The van der Waals surface area contributed by atoms with Crippen molar-refractivity contribution in [2.75, 3.05) is 26.2 Å². The Hall–Kier alpha value is -1.64. The van der Waals surface area contributed by atoms with Gasteiger partial charge in [0.1, 0.15) is 4.90 Å². The van der Waals surface area contributed by atoms with Gasteiger partial charge in [-0.2, -0.15) is 4.31 Å². The summed E-state index contributed by atoms with van der Waals surface area (Å²) in [7, 11) is -3.82. The van der Waals surface area contributed by atoms with Gasteiger partial charge in [0.05, 0.1) is 5.02 Å². The van der Waals surface area contributed by atoms with Crippen molar-refractivity contribution in [1.29, 1.82) is 0 Å². The smallest absolute Gasteiger partial charge is 0.244 e. The van der Waals surface area contributed by atoms with Gasteiger partial charge >= 0.3 is 0 Å². The van der Waals surface area contributed by atoms with Gasteiger partial charge in [0, 0.05) is 54.6 Å². The van der Waals surface area contributed by atoms with Crippen molar-refractivity contribution in [3.8, 4) is 0 Å². The van der Waals surface area contributed by atoms with Crippen LogP contribution >= 0.6 is 34.8 Å². The molecule has 0 saturated carbocycles. The predicted molar refractivity (Wildman–Crippen MR) is 117 cm³/mol. The van der Waals surface area contributed by atoms with Crippen LogP contribution in [0.15, 0.2) is 47.4 Å². The summed E-state index contributed by atoms with van der Waals surface area (Å²) in [5.74, 6) is -0.327. The standard InChI is InChI=1S/C20H19Cl3N2O4S/c21-15-3-1-14(2-4-15)18(26)7-8-20(27)24-9-11-25(12-10-24)30(28,29)19-13-16(22)5-6-17(19)23/h1-6,13H,7-12H2. The average molecular weight is 490 g/mol. The van der Waals surface area contributed by atoms with Crippen molar-refractivity contribution >= 4 is 56.5 Å². The van der Waals surface area contributed by atoms with Gasteiger partial charge in [-0.1, -0.05) is 34.8 Å². The molecule has 3 rings (SSSR count). The quantitative estimate of drug-likeness (QED) is 0.572. The molecule has 1 saturated heterocycles. The predicted octanol–water partition coefficient (Wildman–Crippen LogP) is 4.14. The molecule has 0 radical (unpaired) electrons. The molecule has 2 aromatic carbocycles. The van der Waals surface area contributed by atoms with Crippen molar-refractivity contribution in [2.24, 2.45) is 0 Å². The number of hydrogen-bond acceptors (Lipinski definition) is 4. The van der Waals surface area contributed by atoms with Crippen molar-refractivity contribution < 1.29 is 18.0 Å². The molecule has 30 heavy (non-hydrogen) atoms. The number of ketones is 1. The van der Waals surface area contributed by atoms with Gasteiger partial charge in [-0.05, 0) is 42.5 Å². The Morgan fingerprint density at radius 2 is 1.43 bits per heavy atom. The maximum Gasteiger partial charge on any atom is 0.244 e. The second-order valence-electron chi connectivity index (χ2n) is 6.79. The monoisotopic (exact) mass is 488 g/mol. The zero-order valence-corrected chi connectivity index (χ0v) is 18.9. The van der Waals surface area contributed by atoms with Crippen LogP contribution in [0.25, 0.3) is 0 Å². The van der Waals surface area contributed by atoms with Crippen molar-refractivity contribution in [1.82, 2.24) is 9.21 Å². The molecule has 1 fully saturated rings. The van der Waals surface area contributed by atoms with Crippen LogP contribution in [0.1, 0.15) is 23.2 Å². The summed E-state index contributed by atoms with van der Waals surface area (Å²) in [6.07, 6.45) is 0.144. The fourth-order valence-corrected chi connectivity index (χ4v) is 5.44. The Morgan fingerprint density at radius 3 is 2.07 bits per heavy atom. The van der Waals surface area contributed by atoms with E-state index in [2.05, 4.69) is 0 Å². The molecule has 1 amide bonds. The molecular weight excluding hydrogens is 471 g/mol. The highest BCUT2D eigenvalue weighted by Crippen LogP contribution is 2.28. The fourth-order valence-electron chi connectivity index (χ4n) is 3.15. The van der Waals surface area contributed by atoms with Gasteiger partial charge in [-0.3, -0.25) is 9.59 Å². The lowest BCUT2D eigenvalue weighted by Gasteiger charge is -2.34. The van der Waals surface area contributed by atoms with E-state index >= 15 is 0 Å². The molecule has 0 N–H and O–H groups in total. The second-order valence-corrected chi connectivity index (χ2v) is 9.98. The lowest BCUT2D eigenvalue weighted by molar-refractivity contribution is -0.132. The second kappa shape index (κ2) is 9.66. The van der Waals surface area contributed by atoms with E-state index in [1.54, 1.807) is 29.2 Å². The van der Waals surface area contributed by atoms with Crippen molar-refractivity contribution in [3.63, 3.8) is 0 Å². The molecule has 2 aromatic rings. The van der Waals surface area contributed by atoms with Crippen LogP contribution in [0.2, 0.25) is 15.1 Å². The molecule has 0 atom stereocenters. The van der Waals surface area contributed by atoms with Gasteiger partial charge in [-0.15, -0.1) is 0 Å². The Balaban J connectivity index is 1.55. The number of nitrogens with zero attached hydrogens (tertiary/aromatic N) is 2. The Morgan fingerprint density at radius 1 is 0.833 bits per heavy atom. The Kier molecular flexibility index (Phi) is 7.42. The topological polar surface area (TPSA) is 74.8 Å². The highest BCUT2D eigenvalue weighted by molar-refractivity contribution is 7.89. The summed E-state index contributed by atoms with van der Waals surface area (Å²) < 4.78 is 27.0. The summed E-state index contributed by atoms with van der Waals surface area (Å²) in [5, 5.41) is 0.908. The molecule has 1 aliphatic heterocycles. The molecule has 160 valence electrons. The number of sulfonamides is 1. The van der Waals surface area contributed by atoms with Crippen LogP contribution in [0.4, 0.5) is 0 Å². The summed E-state index contributed by atoms with van der Waals surface area (Å²) in [4.78, 5) is 26.2. The minimum absolute atomic E-state index is 0.0509. The Bertz CT molecular complexity index is 1050. The number of hydrogen-bond donors (Lipinski definition) is 0. The SMILES string of the molecule is O=C(CCC(=O)N1CCN(S(=O)(=O)c2cc(Cl)ccc2Cl)CC1)c1ccc(Cl)cc1. The molecule has 6 nitrogen and oxygen atoms in total. The van der Waals surface area contributed by atoms with Crippen LogP contribution in [0, 0.1) is 0 Å². The van der Waals surface area contributed by atoms with Gasteiger partial charge in [-0.25, -0.2) is 8.42 Å². The van der Waals surface area contributed by atoms with Crippen LogP contribution in [0.5, 0.6) is 0 Å². The maximum atomic E-state index is 12.9. The molecular formula is C20H19Cl3N2O4S. The molecule has 0 spiro atoms. The van der Waals surface area contributed by atoms with E-state index in [0.29, 0.717) is 10.6 Å². The van der Waals surface area contributed by atoms with E-state index < -0.39 is 10.0 Å². The molecule has 0 aliphatic carbocycles. The normalized spacial score (nSPS) is 15.2. The lowest BCUT2D eigenvalue weighted by atomic mass is 10.1. The van der Waals surface area contributed by atoms with Crippen LogP contribution in [-0.2, 0) is 14.8 Å². The maximum absolute atomic E-state index is 12.9. The number of piperazine rings is 1.